The van der Waals surface area contributed by atoms with Gasteiger partial charge in [-0.2, -0.15) is 0 Å². The third kappa shape index (κ3) is 2.15. The van der Waals surface area contributed by atoms with Crippen LogP contribution in [0.3, 0.4) is 0 Å². The van der Waals surface area contributed by atoms with Crippen molar-refractivity contribution in [2.24, 2.45) is 17.8 Å². The van der Waals surface area contributed by atoms with Crippen molar-refractivity contribution in [2.45, 2.75) is 51.0 Å². The molecule has 0 radical (unpaired) electrons. The lowest BCUT2D eigenvalue weighted by atomic mass is 9.90. The van der Waals surface area contributed by atoms with Crippen LogP contribution in [0.25, 0.3) is 0 Å². The van der Waals surface area contributed by atoms with Gasteiger partial charge in [-0.25, -0.2) is 0 Å². The molecule has 1 saturated heterocycles. The van der Waals surface area contributed by atoms with E-state index in [1.165, 1.54) is 63.4 Å². The van der Waals surface area contributed by atoms with Crippen LogP contribution in [0.15, 0.2) is 12.2 Å². The topological polar surface area (TPSA) is 34.0 Å². The summed E-state index contributed by atoms with van der Waals surface area (Å²) in [6.45, 7) is 4.94. The predicted octanol–water partition coefficient (Wildman–Crippen LogP) is 2.62. The average molecular weight is 298 g/mol. The summed E-state index contributed by atoms with van der Waals surface area (Å²) in [5, 5.41) is 8.96. The zero-order chi connectivity index (χ0) is 14.5. The highest BCUT2D eigenvalue weighted by Gasteiger charge is 2.37. The Morgan fingerprint density at radius 2 is 2.09 bits per heavy atom. The van der Waals surface area contributed by atoms with Gasteiger partial charge in [0.15, 0.2) is 0 Å². The molecule has 2 fully saturated rings. The van der Waals surface area contributed by atoms with E-state index in [2.05, 4.69) is 31.8 Å². The van der Waals surface area contributed by atoms with Gasteiger partial charge >= 0.3 is 0 Å². The summed E-state index contributed by atoms with van der Waals surface area (Å²) in [6.07, 6.45) is 12.8. The van der Waals surface area contributed by atoms with Crippen LogP contribution in [-0.2, 0) is 13.0 Å². The van der Waals surface area contributed by atoms with Crippen LogP contribution in [0.5, 0.6) is 0 Å². The second-order valence-corrected chi connectivity index (χ2v) is 7.87. The number of piperidine rings is 1. The van der Waals surface area contributed by atoms with Crippen molar-refractivity contribution < 1.29 is 0 Å². The zero-order valence-corrected chi connectivity index (χ0v) is 13.3. The van der Waals surface area contributed by atoms with E-state index in [-0.39, 0.29) is 0 Å². The second kappa shape index (κ2) is 5.19. The maximum absolute atomic E-state index is 4.54. The largest absolute Gasteiger partial charge is 0.315 e. The first-order valence-electron chi connectivity index (χ1n) is 9.19. The summed E-state index contributed by atoms with van der Waals surface area (Å²) in [6, 6.07) is 0. The molecule has 1 saturated carbocycles. The molecule has 0 unspecified atom stereocenters. The Labute approximate surface area is 132 Å². The number of aryl methyl sites for hydroxylation is 1. The van der Waals surface area contributed by atoms with Gasteiger partial charge in [-0.3, -0.25) is 0 Å². The van der Waals surface area contributed by atoms with Gasteiger partial charge in [0.1, 0.15) is 11.6 Å². The first-order chi connectivity index (χ1) is 10.9. The van der Waals surface area contributed by atoms with Gasteiger partial charge in [-0.05, 0) is 56.4 Å². The number of hydrogen-bond acceptors (Lipinski definition) is 3. The van der Waals surface area contributed by atoms with Crippen LogP contribution in [0.2, 0.25) is 0 Å². The number of nitrogens with zero attached hydrogens (tertiary/aromatic N) is 4. The molecule has 5 rings (SSSR count). The molecule has 2 bridgehead atoms. The normalized spacial score (nSPS) is 37.1. The zero-order valence-electron chi connectivity index (χ0n) is 13.3. The van der Waals surface area contributed by atoms with Crippen molar-refractivity contribution >= 4 is 0 Å². The van der Waals surface area contributed by atoms with Gasteiger partial charge in [0.2, 0.25) is 0 Å². The lowest BCUT2D eigenvalue weighted by molar-refractivity contribution is 0.164. The smallest absolute Gasteiger partial charge is 0.137 e. The van der Waals surface area contributed by atoms with E-state index >= 15 is 0 Å². The highest BCUT2D eigenvalue weighted by Crippen LogP contribution is 2.44. The fourth-order valence-electron chi connectivity index (χ4n) is 5.34. The Bertz CT molecular complexity index is 590. The summed E-state index contributed by atoms with van der Waals surface area (Å²) in [5.41, 5.74) is 0. The highest BCUT2D eigenvalue weighted by molar-refractivity contribution is 5.11. The molecule has 3 heterocycles. The Kier molecular flexibility index (Phi) is 3.14. The molecule has 2 aliphatic carbocycles. The predicted molar refractivity (Wildman–Crippen MR) is 85.6 cm³/mol. The monoisotopic (exact) mass is 298 g/mol. The molecule has 22 heavy (non-hydrogen) atoms. The third-order valence-electron chi connectivity index (χ3n) is 6.42. The SMILES string of the molecule is C1=C[C@H]2C[C@H]1C[C@H]2CN1CCC[C@H](c2nnc3n2CCC3)C1. The Morgan fingerprint density at radius 3 is 2.95 bits per heavy atom. The molecule has 0 aromatic carbocycles. The molecule has 4 atom stereocenters. The minimum Gasteiger partial charge on any atom is -0.315 e. The summed E-state index contributed by atoms with van der Waals surface area (Å²) in [4.78, 5) is 2.73. The molecule has 4 aliphatic rings. The van der Waals surface area contributed by atoms with Gasteiger partial charge in [0.05, 0.1) is 0 Å². The summed E-state index contributed by atoms with van der Waals surface area (Å²) in [5.74, 6) is 5.81. The lowest BCUT2D eigenvalue weighted by Gasteiger charge is -2.35. The van der Waals surface area contributed by atoms with Crippen LogP contribution in [0.1, 0.15) is 49.7 Å². The summed E-state index contributed by atoms with van der Waals surface area (Å²) < 4.78 is 2.41. The Morgan fingerprint density at radius 1 is 1.09 bits per heavy atom. The van der Waals surface area contributed by atoms with E-state index in [9.17, 15) is 0 Å². The van der Waals surface area contributed by atoms with Crippen molar-refractivity contribution in [2.75, 3.05) is 19.6 Å². The molecule has 0 N–H and O–H groups in total. The first kappa shape index (κ1) is 13.3. The van der Waals surface area contributed by atoms with E-state index in [0.29, 0.717) is 5.92 Å². The standard InChI is InChI=1S/C18H26N4/c1-3-15(18-20-19-17-4-2-8-22(17)18)11-21(7-1)12-16-10-13-5-6-14(16)9-13/h5-6,13-16H,1-4,7-12H2/t13-,14-,15-,16-/m0/s1. The maximum atomic E-state index is 4.54. The van der Waals surface area contributed by atoms with E-state index in [4.69, 9.17) is 0 Å². The van der Waals surface area contributed by atoms with Gasteiger partial charge in [0, 0.05) is 32.0 Å². The van der Waals surface area contributed by atoms with Crippen LogP contribution in [0, 0.1) is 17.8 Å². The van der Waals surface area contributed by atoms with Gasteiger partial charge in [0.25, 0.3) is 0 Å². The molecule has 1 aromatic heterocycles. The maximum Gasteiger partial charge on any atom is 0.137 e. The molecule has 1 aromatic rings. The lowest BCUT2D eigenvalue weighted by Crippen LogP contribution is -2.39. The van der Waals surface area contributed by atoms with E-state index in [0.717, 1.165) is 30.7 Å². The van der Waals surface area contributed by atoms with E-state index in [1.54, 1.807) is 0 Å². The van der Waals surface area contributed by atoms with Crippen LogP contribution >= 0.6 is 0 Å². The van der Waals surface area contributed by atoms with Gasteiger partial charge in [-0.1, -0.05) is 12.2 Å². The van der Waals surface area contributed by atoms with Crippen LogP contribution < -0.4 is 0 Å². The third-order valence-corrected chi connectivity index (χ3v) is 6.42. The molecule has 4 heteroatoms. The van der Waals surface area contributed by atoms with Crippen molar-refractivity contribution in [3.8, 4) is 0 Å². The highest BCUT2D eigenvalue weighted by atomic mass is 15.3. The van der Waals surface area contributed by atoms with Crippen molar-refractivity contribution in [1.29, 1.82) is 0 Å². The van der Waals surface area contributed by atoms with Crippen LogP contribution in [0.4, 0.5) is 0 Å². The fourth-order valence-corrected chi connectivity index (χ4v) is 5.34. The van der Waals surface area contributed by atoms with Crippen molar-refractivity contribution in [3.63, 3.8) is 0 Å². The molecule has 4 nitrogen and oxygen atoms in total. The number of rotatable bonds is 3. The van der Waals surface area contributed by atoms with Gasteiger partial charge in [-0.15, -0.1) is 10.2 Å². The van der Waals surface area contributed by atoms with Crippen molar-refractivity contribution in [3.05, 3.63) is 23.8 Å². The molecule has 0 spiro atoms. The van der Waals surface area contributed by atoms with E-state index < -0.39 is 0 Å². The summed E-state index contributed by atoms with van der Waals surface area (Å²) in [7, 11) is 0. The number of allylic oxidation sites excluding steroid dienone is 2. The number of fused-ring (bicyclic) bond motifs is 3. The number of likely N-dealkylation sites (tertiary alicyclic amines) is 1. The molecule has 2 aliphatic heterocycles. The molecular weight excluding hydrogens is 272 g/mol. The quantitative estimate of drug-likeness (QED) is 0.805. The fraction of sp³-hybridized carbons (Fsp3) is 0.778. The first-order valence-corrected chi connectivity index (χ1v) is 9.19. The van der Waals surface area contributed by atoms with Crippen LogP contribution in [-0.4, -0.2) is 39.3 Å². The minimum absolute atomic E-state index is 0.613. The number of hydrogen-bond donors (Lipinski definition) is 0. The van der Waals surface area contributed by atoms with E-state index in [1.807, 2.05) is 0 Å². The number of aromatic nitrogens is 3. The second-order valence-electron chi connectivity index (χ2n) is 7.87. The van der Waals surface area contributed by atoms with Gasteiger partial charge < -0.3 is 9.47 Å². The molecule has 118 valence electrons. The van der Waals surface area contributed by atoms with Crippen molar-refractivity contribution in [1.82, 2.24) is 19.7 Å². The molecular formula is C18H26N4. The Balaban J connectivity index is 1.27. The minimum atomic E-state index is 0.613. The summed E-state index contributed by atoms with van der Waals surface area (Å²) >= 11 is 0. The average Bonchev–Trinajstić information content (AvgIpc) is 3.28. The molecule has 0 amide bonds. The Hall–Kier alpha value is -1.16.